The highest BCUT2D eigenvalue weighted by Gasteiger charge is 2.33. The number of carboxylic acid groups (broad SMARTS) is 4. The van der Waals surface area contributed by atoms with Crippen molar-refractivity contribution in [3.63, 3.8) is 0 Å². The standard InChI is InChI=1S/C48H75N11O17.C29H45N3O3/c1-3-31(2)43(46(69)54-36(13-9-17-52-48(50)51)45(68)55-37(47(70)71)12-7-8-16-49)56-39(60)25-53-44(67)35-24-33(32-10-5-4-6-11-32)14-15-38(35)74-30-34(59(20-22-75-72)21-23-76-73)26-57(27-40(61)62)18-19-58(28-41(63)64)29-42(65)66;1-7-30(8-2)19-20-31(9-3)22-26(32(10-4)11-5)23-35-28-18-17-25(21-27(28)29(33)34-6)24-15-13-12-14-16-24/h4-6,10-11,14-15,24,31,34,36-37,43,72-73H,3,7-9,12-13,16-23,25-30,49H2,1-2H3,(H,53,67)(H,54,69)(H,55,68)(H,56,60)(H,61,62)(H,63,64)(H,65,66)(H,70,71)(H4,50,51,52);12-18,21,26H,7-11,19-20,22-23H2,1-6H3/p+2/t31?,34-,36?,37?,43?;/m1./s1. The van der Waals surface area contributed by atoms with Crippen LogP contribution in [0.25, 0.3) is 22.3 Å². The number of benzene rings is 4. The normalized spacial score (nSPS) is 12.9. The van der Waals surface area contributed by atoms with Crippen molar-refractivity contribution in [2.24, 2.45) is 17.4 Å². The van der Waals surface area contributed by atoms with E-state index < -0.39 is 104 Å². The molecule has 0 bridgehead atoms. The van der Waals surface area contributed by atoms with Crippen LogP contribution < -0.4 is 52.9 Å². The van der Waals surface area contributed by atoms with Crippen molar-refractivity contribution in [3.8, 4) is 33.8 Å². The van der Waals surface area contributed by atoms with Gasteiger partial charge in [0.2, 0.25) is 17.7 Å². The van der Waals surface area contributed by atoms with E-state index in [0.29, 0.717) is 54.9 Å². The second-order valence-corrected chi connectivity index (χ2v) is 26.5. The van der Waals surface area contributed by atoms with Gasteiger partial charge in [0.05, 0.1) is 77.2 Å². The Morgan fingerprint density at radius 2 is 1.01 bits per heavy atom. The van der Waals surface area contributed by atoms with Crippen molar-refractivity contribution in [2.75, 3.05) is 158 Å². The predicted octanol–water partition coefficient (Wildman–Crippen LogP) is 0.994. The van der Waals surface area contributed by atoms with Crippen molar-refractivity contribution in [1.82, 2.24) is 50.7 Å². The topological polar surface area (TPSA) is 482 Å². The number of quaternary nitrogens is 1. The van der Waals surface area contributed by atoms with Crippen LogP contribution in [0, 0.1) is 5.92 Å². The van der Waals surface area contributed by atoms with E-state index in [1.54, 1.807) is 55.1 Å². The Kier molecular flexibility index (Phi) is 46.8. The minimum absolute atomic E-state index is 0.00541. The minimum Gasteiger partial charge on any atom is -0.491 e. The summed E-state index contributed by atoms with van der Waals surface area (Å²) in [5, 5.41) is 67.3. The maximum Gasteiger partial charge on any atom is 0.341 e. The van der Waals surface area contributed by atoms with Crippen LogP contribution in [0.1, 0.15) is 108 Å². The molecule has 0 radical (unpaired) electrons. The van der Waals surface area contributed by atoms with Crippen LogP contribution in [0.3, 0.4) is 0 Å². The third-order valence-corrected chi connectivity index (χ3v) is 18.8. The molecular formula is C77H122N14O20+2. The van der Waals surface area contributed by atoms with Crippen LogP contribution in [0.4, 0.5) is 0 Å². The molecule has 0 aliphatic rings. The fourth-order valence-corrected chi connectivity index (χ4v) is 12.2. The number of likely N-dealkylation sites (N-methyl/N-ethyl adjacent to an activating group) is 3. The summed E-state index contributed by atoms with van der Waals surface area (Å²) in [6.07, 6.45) is 1.93. The van der Waals surface area contributed by atoms with Crippen molar-refractivity contribution in [3.05, 3.63) is 108 Å². The van der Waals surface area contributed by atoms with E-state index in [9.17, 15) is 74.1 Å². The van der Waals surface area contributed by atoms with E-state index in [4.69, 9.17) is 25.7 Å². The zero-order valence-electron chi connectivity index (χ0n) is 65.7. The Morgan fingerprint density at radius 3 is 1.50 bits per heavy atom. The van der Waals surface area contributed by atoms with Crippen LogP contribution >= 0.6 is 0 Å². The number of carbonyl (C=O) groups excluding carboxylic acids is 5. The number of carboxylic acids is 4. The summed E-state index contributed by atoms with van der Waals surface area (Å²) in [6, 6.07) is 25.1. The number of nitrogens with two attached hydrogens (primary N) is 2. The maximum absolute atomic E-state index is 14.2. The third-order valence-electron chi connectivity index (χ3n) is 18.8. The number of nitrogens with zero attached hydrogens (tertiary/aromatic N) is 6. The smallest absolute Gasteiger partial charge is 0.341 e. The van der Waals surface area contributed by atoms with Gasteiger partial charge < -0.3 is 71.4 Å². The number of aliphatic carboxylic acids is 4. The van der Waals surface area contributed by atoms with Gasteiger partial charge in [-0.15, -0.1) is 0 Å². The van der Waals surface area contributed by atoms with Crippen LogP contribution in [0.2, 0.25) is 0 Å². The molecule has 618 valence electrons. The highest BCUT2D eigenvalue weighted by atomic mass is 17.1. The first-order valence-corrected chi connectivity index (χ1v) is 37.8. The van der Waals surface area contributed by atoms with Gasteiger partial charge in [0.1, 0.15) is 48.4 Å². The van der Waals surface area contributed by atoms with Crippen LogP contribution in [0.15, 0.2) is 97.1 Å². The Hall–Kier alpha value is -9.46. The number of amides is 4. The van der Waals surface area contributed by atoms with Gasteiger partial charge in [-0.25, -0.2) is 19.4 Å². The quantitative estimate of drug-likeness (QED) is 0.00732. The zero-order chi connectivity index (χ0) is 82.2. The number of guanidine groups is 1. The molecule has 0 aliphatic carbocycles. The average Bonchev–Trinajstić information content (AvgIpc) is 0.823. The van der Waals surface area contributed by atoms with Gasteiger partial charge >= 0.3 is 35.8 Å². The molecule has 0 saturated carbocycles. The molecule has 111 heavy (non-hydrogen) atoms. The first-order chi connectivity index (χ1) is 53.2. The number of nitrogens with one attached hydrogen (secondary N) is 5. The third kappa shape index (κ3) is 36.5. The van der Waals surface area contributed by atoms with Crippen LogP contribution in [0.5, 0.6) is 11.5 Å². The molecule has 4 amide bonds. The molecule has 5 unspecified atom stereocenters. The molecule has 4 aromatic carbocycles. The Bertz CT molecular complexity index is 3440. The average molecular weight is 1560 g/mol. The molecule has 0 fully saturated rings. The van der Waals surface area contributed by atoms with Crippen molar-refractivity contribution in [2.45, 2.75) is 117 Å². The van der Waals surface area contributed by atoms with E-state index in [1.165, 1.54) is 24.1 Å². The summed E-state index contributed by atoms with van der Waals surface area (Å²) in [6.45, 7) is 20.0. The maximum atomic E-state index is 14.2. The molecule has 0 saturated heterocycles. The van der Waals surface area contributed by atoms with Crippen LogP contribution in [-0.2, 0) is 48.1 Å². The van der Waals surface area contributed by atoms with E-state index >= 15 is 0 Å². The molecule has 0 aromatic heterocycles. The summed E-state index contributed by atoms with van der Waals surface area (Å²) >= 11 is 0. The largest absolute Gasteiger partial charge is 0.491 e. The number of carbonyl (C=O) groups is 9. The Morgan fingerprint density at radius 1 is 0.532 bits per heavy atom. The van der Waals surface area contributed by atoms with E-state index in [-0.39, 0.29) is 108 Å². The molecule has 34 nitrogen and oxygen atoms in total. The molecule has 0 spiro atoms. The predicted molar refractivity (Wildman–Crippen MR) is 416 cm³/mol. The fourth-order valence-electron chi connectivity index (χ4n) is 12.2. The first kappa shape index (κ1) is 95.7. The monoisotopic (exact) mass is 1560 g/mol. The first-order valence-electron chi connectivity index (χ1n) is 37.8. The lowest BCUT2D eigenvalue weighted by atomic mass is 9.97. The number of hydrogen-bond acceptors (Lipinski definition) is 22. The van der Waals surface area contributed by atoms with Crippen LogP contribution in [-0.4, -0.2) is 308 Å². The summed E-state index contributed by atoms with van der Waals surface area (Å²) in [5.74, 6) is -8.62. The van der Waals surface area contributed by atoms with Gasteiger partial charge in [-0.2, -0.15) is 0 Å². The molecule has 4 aromatic rings. The van der Waals surface area contributed by atoms with Gasteiger partial charge in [-0.05, 0) is 117 Å². The van der Waals surface area contributed by atoms with Gasteiger partial charge in [-0.3, -0.25) is 80.1 Å². The Balaban J connectivity index is 0.000000755. The molecule has 34 heteroatoms. The highest BCUT2D eigenvalue weighted by molar-refractivity contribution is 6.01. The fraction of sp³-hybridized carbons (Fsp3) is 0.558. The summed E-state index contributed by atoms with van der Waals surface area (Å²) in [4.78, 5) is 138. The number of methoxy groups -OCH3 is 1. The lowest BCUT2D eigenvalue weighted by Crippen LogP contribution is -2.78. The van der Waals surface area contributed by atoms with Gasteiger partial charge in [-0.1, -0.05) is 128 Å². The van der Waals surface area contributed by atoms with E-state index in [0.717, 1.165) is 68.4 Å². The summed E-state index contributed by atoms with van der Waals surface area (Å²) < 4.78 is 17.7. The number of ether oxygens (including phenoxy) is 3. The molecule has 0 aliphatic heterocycles. The van der Waals surface area contributed by atoms with E-state index in [1.807, 2.05) is 48.5 Å². The number of esters is 1. The minimum atomic E-state index is -1.30. The SMILES string of the molecule is CCC(C)C(NC(=O)CNC(=O)c1cc(-c2ccccc2)ccc1OC[C@@H](CN(CCN(CC(=O)O)CC(=O)O)CC(=O)O)N(CCOO)CCOO)C(=O)NC(CCC[NH+]=C(N)N)C(=O)NC(CCCC[NH3+])C(=O)O.CCN(CC)CCN(CC)CC(COc1ccc(-c2ccccc2)cc1C(=O)OC)N(CC)CC. The van der Waals surface area contributed by atoms with Gasteiger partial charge in [0, 0.05) is 52.4 Å². The second-order valence-electron chi connectivity index (χ2n) is 26.5. The molecule has 4 rings (SSSR count). The molecule has 6 atom stereocenters. The number of unbranched alkanes of at least 4 members (excludes halogenated alkanes) is 1. The zero-order valence-corrected chi connectivity index (χ0v) is 65.7. The number of hydrogen-bond donors (Lipinski definition) is 14. The summed E-state index contributed by atoms with van der Waals surface area (Å²) in [5.41, 5.74) is 18.5. The number of rotatable bonds is 57. The van der Waals surface area contributed by atoms with E-state index in [2.05, 4.69) is 91.1 Å². The summed E-state index contributed by atoms with van der Waals surface area (Å²) in [7, 11) is 1.41. The van der Waals surface area contributed by atoms with Gasteiger partial charge in [0.15, 0.2) is 0 Å². The highest BCUT2D eigenvalue weighted by Crippen LogP contribution is 2.30. The van der Waals surface area contributed by atoms with Crippen molar-refractivity contribution < 1.29 is 109 Å². The lowest BCUT2D eigenvalue weighted by molar-refractivity contribution is -0.459. The molecule has 0 heterocycles. The molecular weight excluding hydrogens is 1440 g/mol. The van der Waals surface area contributed by atoms with Gasteiger partial charge in [0.25, 0.3) is 5.91 Å². The van der Waals surface area contributed by atoms with Crippen molar-refractivity contribution in [1.29, 1.82) is 0 Å². The second kappa shape index (κ2) is 54.2. The lowest BCUT2D eigenvalue weighted by Gasteiger charge is -2.35. The van der Waals surface area contributed by atoms with Crippen molar-refractivity contribution >= 4 is 59.4 Å². The molecule has 18 N–H and O–H groups in total. The Labute approximate surface area is 650 Å².